The van der Waals surface area contributed by atoms with E-state index in [2.05, 4.69) is 5.32 Å². The molecule has 6 nitrogen and oxygen atoms in total. The standard InChI is InChI=1S/C25H25F3N2O4S2/c1-17-8-13-23(35-17)36(32,33)30-14-4-6-21(30)24(31)29-15-18-9-11-19(12-10-18)16-34-22-7-3-2-5-20(22)25(26,27)28/h2-3,5,7-13,21H,4,6,14-16H2,1H3,(H,29,31). The minimum Gasteiger partial charge on any atom is -0.488 e. The fourth-order valence-electron chi connectivity index (χ4n) is 4.00. The number of nitrogens with one attached hydrogen (secondary N) is 1. The van der Waals surface area contributed by atoms with Crippen molar-refractivity contribution >= 4 is 27.3 Å². The van der Waals surface area contributed by atoms with Crippen molar-refractivity contribution in [3.63, 3.8) is 0 Å². The summed E-state index contributed by atoms with van der Waals surface area (Å²) in [6.07, 6.45) is -3.45. The summed E-state index contributed by atoms with van der Waals surface area (Å²) < 4.78 is 72.2. The molecule has 1 unspecified atom stereocenters. The quantitative estimate of drug-likeness (QED) is 0.432. The second kappa shape index (κ2) is 10.6. The number of carbonyl (C=O) groups is 1. The summed E-state index contributed by atoms with van der Waals surface area (Å²) in [6, 6.07) is 14.5. The van der Waals surface area contributed by atoms with Crippen LogP contribution in [0.3, 0.4) is 0 Å². The van der Waals surface area contributed by atoms with Gasteiger partial charge in [0.05, 0.1) is 5.56 Å². The number of halogens is 3. The molecule has 0 radical (unpaired) electrons. The van der Waals surface area contributed by atoms with E-state index in [4.69, 9.17) is 4.74 Å². The number of ether oxygens (including phenoxy) is 1. The van der Waals surface area contributed by atoms with E-state index in [-0.39, 0.29) is 29.0 Å². The molecule has 1 saturated heterocycles. The first kappa shape index (κ1) is 26.2. The number of aryl methyl sites for hydroxylation is 1. The first-order chi connectivity index (χ1) is 17.1. The molecule has 1 aliphatic rings. The second-order valence-corrected chi connectivity index (χ2v) is 11.9. The minimum absolute atomic E-state index is 0.0448. The smallest absolute Gasteiger partial charge is 0.419 e. The van der Waals surface area contributed by atoms with Crippen molar-refractivity contribution in [3.05, 3.63) is 82.2 Å². The zero-order valence-corrected chi connectivity index (χ0v) is 21.0. The Kier molecular flexibility index (Phi) is 7.72. The van der Waals surface area contributed by atoms with E-state index in [1.807, 2.05) is 6.92 Å². The summed E-state index contributed by atoms with van der Waals surface area (Å²) in [4.78, 5) is 13.7. The van der Waals surface area contributed by atoms with Crippen LogP contribution in [0.5, 0.6) is 5.75 Å². The van der Waals surface area contributed by atoms with Crippen molar-refractivity contribution in [2.45, 2.75) is 49.3 Å². The predicted molar refractivity (Wildman–Crippen MR) is 130 cm³/mol. The van der Waals surface area contributed by atoms with Gasteiger partial charge in [0.15, 0.2) is 0 Å². The van der Waals surface area contributed by atoms with Crippen LogP contribution in [-0.2, 0) is 34.1 Å². The van der Waals surface area contributed by atoms with Crippen LogP contribution in [0.4, 0.5) is 13.2 Å². The number of alkyl halides is 3. The maximum absolute atomic E-state index is 13.1. The summed E-state index contributed by atoms with van der Waals surface area (Å²) in [5, 5.41) is 2.80. The summed E-state index contributed by atoms with van der Waals surface area (Å²) in [5.41, 5.74) is 0.604. The average molecular weight is 539 g/mol. The van der Waals surface area contributed by atoms with E-state index >= 15 is 0 Å². The van der Waals surface area contributed by atoms with Crippen LogP contribution in [-0.4, -0.2) is 31.2 Å². The lowest BCUT2D eigenvalue weighted by Crippen LogP contribution is -2.45. The number of thiophene rings is 1. The summed E-state index contributed by atoms with van der Waals surface area (Å²) in [6.45, 7) is 2.27. The van der Waals surface area contributed by atoms with Gasteiger partial charge in [-0.1, -0.05) is 36.4 Å². The summed E-state index contributed by atoms with van der Waals surface area (Å²) >= 11 is 1.18. The average Bonchev–Trinajstić information content (AvgIpc) is 3.52. The Balaban J connectivity index is 1.33. The predicted octanol–water partition coefficient (Wildman–Crippen LogP) is 5.12. The number of benzene rings is 2. The van der Waals surface area contributed by atoms with Gasteiger partial charge in [-0.15, -0.1) is 11.3 Å². The number of para-hydroxylation sites is 1. The van der Waals surface area contributed by atoms with E-state index in [1.54, 1.807) is 36.4 Å². The highest BCUT2D eigenvalue weighted by Crippen LogP contribution is 2.36. The van der Waals surface area contributed by atoms with Gasteiger partial charge in [-0.3, -0.25) is 4.79 Å². The van der Waals surface area contributed by atoms with Crippen molar-refractivity contribution in [3.8, 4) is 5.75 Å². The molecule has 0 aliphatic carbocycles. The summed E-state index contributed by atoms with van der Waals surface area (Å²) in [7, 11) is -3.74. The molecule has 1 aromatic heterocycles. The van der Waals surface area contributed by atoms with Crippen LogP contribution in [0, 0.1) is 6.92 Å². The Morgan fingerprint density at radius 2 is 1.78 bits per heavy atom. The lowest BCUT2D eigenvalue weighted by molar-refractivity contribution is -0.139. The molecule has 0 bridgehead atoms. The highest BCUT2D eigenvalue weighted by Gasteiger charge is 2.40. The fourth-order valence-corrected chi connectivity index (χ4v) is 7.07. The molecule has 1 fully saturated rings. The van der Waals surface area contributed by atoms with Gasteiger partial charge in [-0.2, -0.15) is 17.5 Å². The fraction of sp³-hybridized carbons (Fsp3) is 0.320. The van der Waals surface area contributed by atoms with Gasteiger partial charge in [0, 0.05) is 18.0 Å². The van der Waals surface area contributed by atoms with Crippen LogP contribution in [0.25, 0.3) is 0 Å². The zero-order chi connectivity index (χ0) is 25.9. The molecule has 1 N–H and O–H groups in total. The number of rotatable bonds is 8. The zero-order valence-electron chi connectivity index (χ0n) is 19.4. The molecule has 0 spiro atoms. The summed E-state index contributed by atoms with van der Waals surface area (Å²) in [5.74, 6) is -0.601. The van der Waals surface area contributed by atoms with Crippen LogP contribution >= 0.6 is 11.3 Å². The van der Waals surface area contributed by atoms with E-state index in [0.717, 1.165) is 16.5 Å². The molecule has 3 aromatic rings. The molecule has 1 aliphatic heterocycles. The molecular weight excluding hydrogens is 513 g/mol. The second-order valence-electron chi connectivity index (χ2n) is 8.46. The molecule has 1 amide bonds. The molecule has 2 heterocycles. The van der Waals surface area contributed by atoms with Gasteiger partial charge in [0.1, 0.15) is 22.6 Å². The lowest BCUT2D eigenvalue weighted by atomic mass is 10.1. The van der Waals surface area contributed by atoms with Crippen LogP contribution in [0.15, 0.2) is 64.9 Å². The number of amides is 1. The van der Waals surface area contributed by atoms with Crippen molar-refractivity contribution in [1.82, 2.24) is 9.62 Å². The van der Waals surface area contributed by atoms with Crippen molar-refractivity contribution in [2.75, 3.05) is 6.54 Å². The molecule has 0 saturated carbocycles. The highest BCUT2D eigenvalue weighted by atomic mass is 32.2. The maximum Gasteiger partial charge on any atom is 0.419 e. The van der Waals surface area contributed by atoms with E-state index < -0.39 is 27.8 Å². The van der Waals surface area contributed by atoms with Crippen LogP contribution in [0.1, 0.15) is 34.4 Å². The SMILES string of the molecule is Cc1ccc(S(=O)(=O)N2CCCC2C(=O)NCc2ccc(COc3ccccc3C(F)(F)F)cc2)s1. The first-order valence-electron chi connectivity index (χ1n) is 11.3. The van der Waals surface area contributed by atoms with E-state index in [9.17, 15) is 26.4 Å². The van der Waals surface area contributed by atoms with Crippen molar-refractivity contribution < 1.29 is 31.1 Å². The molecule has 4 rings (SSSR count). The topological polar surface area (TPSA) is 75.7 Å². The molecule has 36 heavy (non-hydrogen) atoms. The number of nitrogens with zero attached hydrogens (tertiary/aromatic N) is 1. The van der Waals surface area contributed by atoms with Gasteiger partial charge in [0.25, 0.3) is 10.0 Å². The third-order valence-electron chi connectivity index (χ3n) is 5.86. The number of hydrogen-bond donors (Lipinski definition) is 1. The van der Waals surface area contributed by atoms with E-state index in [1.165, 1.54) is 33.8 Å². The van der Waals surface area contributed by atoms with Gasteiger partial charge >= 0.3 is 6.18 Å². The van der Waals surface area contributed by atoms with Gasteiger partial charge in [0.2, 0.25) is 5.91 Å². The number of hydrogen-bond acceptors (Lipinski definition) is 5. The number of sulfonamides is 1. The molecule has 2 aromatic carbocycles. The monoisotopic (exact) mass is 538 g/mol. The highest BCUT2D eigenvalue weighted by molar-refractivity contribution is 7.91. The molecule has 11 heteroatoms. The lowest BCUT2D eigenvalue weighted by Gasteiger charge is -2.22. The Morgan fingerprint density at radius 1 is 1.08 bits per heavy atom. The van der Waals surface area contributed by atoms with Crippen molar-refractivity contribution in [1.29, 1.82) is 0 Å². The van der Waals surface area contributed by atoms with Crippen molar-refractivity contribution in [2.24, 2.45) is 0 Å². The molecular formula is C25H25F3N2O4S2. The van der Waals surface area contributed by atoms with Gasteiger partial charge in [-0.25, -0.2) is 8.42 Å². The van der Waals surface area contributed by atoms with E-state index in [0.29, 0.717) is 24.9 Å². The first-order valence-corrected chi connectivity index (χ1v) is 13.5. The van der Waals surface area contributed by atoms with Gasteiger partial charge in [-0.05, 0) is 55.2 Å². The Bertz CT molecular complexity index is 1320. The Morgan fingerprint density at radius 3 is 2.44 bits per heavy atom. The third kappa shape index (κ3) is 5.91. The minimum atomic E-state index is -4.50. The number of carbonyl (C=O) groups excluding carboxylic acids is 1. The largest absolute Gasteiger partial charge is 0.488 e. The molecule has 192 valence electrons. The Hall–Kier alpha value is -2.89. The van der Waals surface area contributed by atoms with Gasteiger partial charge < -0.3 is 10.1 Å². The van der Waals surface area contributed by atoms with Crippen LogP contribution in [0.2, 0.25) is 0 Å². The maximum atomic E-state index is 13.1. The normalized spacial score (nSPS) is 16.7. The van der Waals surface area contributed by atoms with Crippen LogP contribution < -0.4 is 10.1 Å². The Labute approximate surface area is 211 Å². The molecule has 1 atom stereocenters. The third-order valence-corrected chi connectivity index (χ3v) is 9.24.